The van der Waals surface area contributed by atoms with E-state index < -0.39 is 21.7 Å². The molecule has 0 unspecified atom stereocenters. The summed E-state index contributed by atoms with van der Waals surface area (Å²) in [6.07, 6.45) is 6.22. The fourth-order valence-corrected chi connectivity index (χ4v) is 4.42. The van der Waals surface area contributed by atoms with Crippen LogP contribution in [-0.4, -0.2) is 48.1 Å². The molecule has 0 atom stereocenters. The molecule has 0 N–H and O–H groups in total. The Morgan fingerprint density at radius 3 is 2.50 bits per heavy atom. The molecule has 3 heterocycles. The van der Waals surface area contributed by atoms with Gasteiger partial charge < -0.3 is 9.47 Å². The second kappa shape index (κ2) is 9.70. The van der Waals surface area contributed by atoms with Crippen molar-refractivity contribution in [1.29, 1.82) is 5.26 Å². The number of sulfonamides is 1. The average molecular weight is 487 g/mol. The number of benzene rings is 1. The third kappa shape index (κ3) is 5.47. The summed E-state index contributed by atoms with van der Waals surface area (Å²) in [6.45, 7) is 0.697. The van der Waals surface area contributed by atoms with Crippen molar-refractivity contribution < 1.29 is 26.7 Å². The molecule has 1 aliphatic heterocycles. The zero-order valence-electron chi connectivity index (χ0n) is 18.1. The third-order valence-electron chi connectivity index (χ3n) is 5.31. The molecule has 11 heteroatoms. The van der Waals surface area contributed by atoms with E-state index in [1.165, 1.54) is 41.3 Å². The van der Waals surface area contributed by atoms with Gasteiger partial charge in [0.1, 0.15) is 23.5 Å². The summed E-state index contributed by atoms with van der Waals surface area (Å²) in [7, 11) is -3.24. The summed E-state index contributed by atoms with van der Waals surface area (Å²) in [5, 5.41) is 9.55. The van der Waals surface area contributed by atoms with Crippen molar-refractivity contribution in [2.75, 3.05) is 19.3 Å². The Morgan fingerprint density at radius 2 is 1.82 bits per heavy atom. The molecule has 0 aliphatic carbocycles. The summed E-state index contributed by atoms with van der Waals surface area (Å²) < 4.78 is 63.1. The van der Waals surface area contributed by atoms with Gasteiger partial charge in [-0.2, -0.15) is 5.26 Å². The lowest BCUT2D eigenvalue weighted by Gasteiger charge is -2.30. The van der Waals surface area contributed by atoms with E-state index in [0.29, 0.717) is 42.8 Å². The minimum atomic E-state index is -3.24. The highest BCUT2D eigenvalue weighted by molar-refractivity contribution is 7.88. The van der Waals surface area contributed by atoms with Gasteiger partial charge in [0, 0.05) is 30.9 Å². The van der Waals surface area contributed by atoms with E-state index in [2.05, 4.69) is 9.97 Å². The maximum absolute atomic E-state index is 13.6. The average Bonchev–Trinajstić information content (AvgIpc) is 2.82. The molecule has 0 bridgehead atoms. The first kappa shape index (κ1) is 23.5. The van der Waals surface area contributed by atoms with Crippen LogP contribution in [0.15, 0.2) is 48.9 Å². The second-order valence-corrected chi connectivity index (χ2v) is 9.73. The van der Waals surface area contributed by atoms with E-state index in [1.54, 1.807) is 6.07 Å². The topological polar surface area (TPSA) is 105 Å². The zero-order valence-corrected chi connectivity index (χ0v) is 18.9. The molecule has 2 aromatic heterocycles. The number of ether oxygens (including phenoxy) is 2. The van der Waals surface area contributed by atoms with Crippen molar-refractivity contribution in [3.05, 3.63) is 66.1 Å². The van der Waals surface area contributed by atoms with E-state index in [1.807, 2.05) is 6.07 Å². The Kier molecular flexibility index (Phi) is 6.72. The van der Waals surface area contributed by atoms with Gasteiger partial charge in [0.15, 0.2) is 17.4 Å². The molecule has 3 aromatic rings. The first-order valence-corrected chi connectivity index (χ1v) is 12.2. The van der Waals surface area contributed by atoms with Crippen molar-refractivity contribution in [3.63, 3.8) is 0 Å². The lowest BCUT2D eigenvalue weighted by molar-refractivity contribution is 0.134. The third-order valence-corrected chi connectivity index (χ3v) is 6.62. The number of piperidine rings is 1. The van der Waals surface area contributed by atoms with Crippen molar-refractivity contribution in [1.82, 2.24) is 14.3 Å². The highest BCUT2D eigenvalue weighted by Gasteiger charge is 2.26. The molecule has 176 valence electrons. The Labute approximate surface area is 195 Å². The molecule has 0 amide bonds. The van der Waals surface area contributed by atoms with Crippen molar-refractivity contribution in [2.45, 2.75) is 18.9 Å². The maximum Gasteiger partial charge on any atom is 0.220 e. The smallest absolute Gasteiger partial charge is 0.220 e. The van der Waals surface area contributed by atoms with E-state index in [9.17, 15) is 22.5 Å². The minimum absolute atomic E-state index is 0.125. The second-order valence-electron chi connectivity index (χ2n) is 7.75. The molecule has 0 saturated carbocycles. The molecule has 0 radical (unpaired) electrons. The molecule has 8 nitrogen and oxygen atoms in total. The monoisotopic (exact) mass is 486 g/mol. The van der Waals surface area contributed by atoms with Gasteiger partial charge in [-0.1, -0.05) is 6.07 Å². The first-order valence-electron chi connectivity index (χ1n) is 10.3. The van der Waals surface area contributed by atoms with Crippen LogP contribution in [0.3, 0.4) is 0 Å². The van der Waals surface area contributed by atoms with Crippen molar-refractivity contribution >= 4 is 10.0 Å². The van der Waals surface area contributed by atoms with E-state index in [-0.39, 0.29) is 23.3 Å². The van der Waals surface area contributed by atoms with Crippen LogP contribution in [-0.2, 0) is 10.0 Å². The standard InChI is InChI=1S/C23H20F2N4O4S/c1-34(30,31)29-6-4-18(5-7-29)32-22-14-28-23(10-16(22)11-26)33-19-8-17(12-27-13-19)15-2-3-20(24)21(25)9-15/h2-3,8-10,12-14,18H,4-7H2,1H3. The van der Waals surface area contributed by atoms with Crippen LogP contribution in [0.5, 0.6) is 17.4 Å². The highest BCUT2D eigenvalue weighted by atomic mass is 32.2. The Bertz CT molecular complexity index is 1350. The van der Waals surface area contributed by atoms with E-state index in [4.69, 9.17) is 9.47 Å². The van der Waals surface area contributed by atoms with Gasteiger partial charge in [-0.25, -0.2) is 26.5 Å². The number of nitriles is 1. The fraction of sp³-hybridized carbons (Fsp3) is 0.261. The maximum atomic E-state index is 13.6. The molecule has 4 rings (SSSR count). The van der Waals surface area contributed by atoms with E-state index >= 15 is 0 Å². The van der Waals surface area contributed by atoms with Gasteiger partial charge in [0.05, 0.1) is 18.6 Å². The number of nitrogens with zero attached hydrogens (tertiary/aromatic N) is 4. The molecule has 34 heavy (non-hydrogen) atoms. The number of rotatable bonds is 6. The van der Waals surface area contributed by atoms with Crippen LogP contribution in [0.25, 0.3) is 11.1 Å². The number of halogens is 2. The van der Waals surface area contributed by atoms with Gasteiger partial charge in [-0.3, -0.25) is 4.98 Å². The van der Waals surface area contributed by atoms with Crippen LogP contribution in [0.1, 0.15) is 18.4 Å². The summed E-state index contributed by atoms with van der Waals surface area (Å²) >= 11 is 0. The summed E-state index contributed by atoms with van der Waals surface area (Å²) in [4.78, 5) is 8.25. The largest absolute Gasteiger partial charge is 0.487 e. The molecule has 1 saturated heterocycles. The minimum Gasteiger partial charge on any atom is -0.487 e. The van der Waals surface area contributed by atoms with Crippen LogP contribution in [0, 0.1) is 23.0 Å². The number of pyridine rings is 2. The first-order chi connectivity index (χ1) is 16.2. The molecule has 1 fully saturated rings. The van der Waals surface area contributed by atoms with Gasteiger partial charge in [-0.05, 0) is 36.6 Å². The summed E-state index contributed by atoms with van der Waals surface area (Å²) in [5.74, 6) is -1.22. The number of hydrogen-bond acceptors (Lipinski definition) is 7. The summed E-state index contributed by atoms with van der Waals surface area (Å²) in [6, 6.07) is 8.58. The molecule has 0 spiro atoms. The van der Waals surface area contributed by atoms with Gasteiger partial charge in [0.2, 0.25) is 15.9 Å². The van der Waals surface area contributed by atoms with Crippen LogP contribution in [0.4, 0.5) is 8.78 Å². The Morgan fingerprint density at radius 1 is 1.06 bits per heavy atom. The summed E-state index contributed by atoms with van der Waals surface area (Å²) in [5.41, 5.74) is 1.14. The van der Waals surface area contributed by atoms with Crippen molar-refractivity contribution in [3.8, 4) is 34.6 Å². The normalized spacial score (nSPS) is 15.0. The number of aromatic nitrogens is 2. The van der Waals surface area contributed by atoms with Gasteiger partial charge in [-0.15, -0.1) is 0 Å². The predicted octanol–water partition coefficient (Wildman–Crippen LogP) is 3.89. The van der Waals surface area contributed by atoms with E-state index in [0.717, 1.165) is 12.1 Å². The Balaban J connectivity index is 1.46. The molecule has 1 aliphatic rings. The SMILES string of the molecule is CS(=O)(=O)N1CCC(Oc2cnc(Oc3cncc(-c4ccc(F)c(F)c4)c3)cc2C#N)CC1. The number of hydrogen-bond donors (Lipinski definition) is 0. The molecular weight excluding hydrogens is 466 g/mol. The predicted molar refractivity (Wildman–Crippen MR) is 119 cm³/mol. The van der Waals surface area contributed by atoms with Crippen molar-refractivity contribution in [2.24, 2.45) is 0 Å². The lowest BCUT2D eigenvalue weighted by atomic mass is 10.1. The lowest BCUT2D eigenvalue weighted by Crippen LogP contribution is -2.41. The van der Waals surface area contributed by atoms with Crippen LogP contribution >= 0.6 is 0 Å². The van der Waals surface area contributed by atoms with Crippen LogP contribution in [0.2, 0.25) is 0 Å². The van der Waals surface area contributed by atoms with Gasteiger partial charge >= 0.3 is 0 Å². The zero-order chi connectivity index (χ0) is 24.3. The van der Waals surface area contributed by atoms with Gasteiger partial charge in [0.25, 0.3) is 0 Å². The molecule has 1 aromatic carbocycles. The molecular formula is C23H20F2N4O4S. The highest BCUT2D eigenvalue weighted by Crippen LogP contribution is 2.29. The van der Waals surface area contributed by atoms with Crippen LogP contribution < -0.4 is 9.47 Å². The quantitative estimate of drug-likeness (QED) is 0.520. The Hall–Kier alpha value is -3.62. The fourth-order valence-electron chi connectivity index (χ4n) is 3.55.